The number of nitrogens with one attached hydrogen (secondary N) is 1. The van der Waals surface area contributed by atoms with E-state index < -0.39 is 17.1 Å². The number of fused-ring (bicyclic) bond motifs is 1. The fourth-order valence-corrected chi connectivity index (χ4v) is 2.54. The van der Waals surface area contributed by atoms with E-state index in [1.807, 2.05) is 0 Å². The van der Waals surface area contributed by atoms with E-state index in [0.29, 0.717) is 5.75 Å². The van der Waals surface area contributed by atoms with Crippen molar-refractivity contribution in [3.05, 3.63) is 73.6 Å². The Morgan fingerprint density at radius 1 is 1.22 bits per heavy atom. The minimum absolute atomic E-state index is 0.0307. The van der Waals surface area contributed by atoms with E-state index in [1.54, 1.807) is 31.4 Å². The van der Waals surface area contributed by atoms with Gasteiger partial charge in [-0.25, -0.2) is 9.18 Å². The maximum Gasteiger partial charge on any atom is 0.329 e. The number of aromatic amines is 1. The van der Waals surface area contributed by atoms with Gasteiger partial charge in [0, 0.05) is 5.02 Å². The predicted octanol–water partition coefficient (Wildman–Crippen LogP) is 2.54. The summed E-state index contributed by atoms with van der Waals surface area (Å²) in [6.07, 6.45) is 0. The molecule has 2 aromatic carbocycles. The Hall–Kier alpha value is -2.60. The smallest absolute Gasteiger partial charge is 0.329 e. The third-order valence-corrected chi connectivity index (χ3v) is 3.73. The molecule has 0 amide bonds. The van der Waals surface area contributed by atoms with Gasteiger partial charge in [-0.15, -0.1) is 0 Å². The molecule has 0 saturated heterocycles. The number of methoxy groups -OCH3 is 1. The van der Waals surface area contributed by atoms with Crippen LogP contribution in [0.1, 0.15) is 5.56 Å². The highest BCUT2D eigenvalue weighted by Gasteiger charge is 2.12. The molecule has 0 bridgehead atoms. The van der Waals surface area contributed by atoms with E-state index in [9.17, 15) is 14.0 Å². The molecule has 7 heteroatoms. The summed E-state index contributed by atoms with van der Waals surface area (Å²) in [4.78, 5) is 27.0. The van der Waals surface area contributed by atoms with Gasteiger partial charge in [-0.2, -0.15) is 0 Å². The third kappa shape index (κ3) is 2.85. The number of halogens is 2. The Kier molecular flexibility index (Phi) is 3.92. The lowest BCUT2D eigenvalue weighted by molar-refractivity contribution is 0.414. The van der Waals surface area contributed by atoms with Crippen LogP contribution in [0, 0.1) is 5.82 Å². The molecule has 0 unspecified atom stereocenters. The van der Waals surface area contributed by atoms with Crippen LogP contribution in [-0.4, -0.2) is 16.7 Å². The van der Waals surface area contributed by atoms with Crippen molar-refractivity contribution in [2.24, 2.45) is 0 Å². The first-order valence-electron chi connectivity index (χ1n) is 6.74. The monoisotopic (exact) mass is 334 g/mol. The molecule has 0 atom stereocenters. The van der Waals surface area contributed by atoms with Gasteiger partial charge < -0.3 is 9.72 Å². The van der Waals surface area contributed by atoms with E-state index in [1.165, 1.54) is 6.07 Å². The molecule has 1 heterocycles. The van der Waals surface area contributed by atoms with Gasteiger partial charge in [0.1, 0.15) is 11.6 Å². The highest BCUT2D eigenvalue weighted by molar-refractivity contribution is 6.31. The second-order valence-corrected chi connectivity index (χ2v) is 5.42. The summed E-state index contributed by atoms with van der Waals surface area (Å²) >= 11 is 5.79. The normalized spacial score (nSPS) is 10.9. The van der Waals surface area contributed by atoms with Crippen LogP contribution >= 0.6 is 11.6 Å². The molecule has 0 aliphatic carbocycles. The van der Waals surface area contributed by atoms with Crippen LogP contribution in [0.2, 0.25) is 5.02 Å². The lowest BCUT2D eigenvalue weighted by atomic mass is 10.2. The number of H-pyrrole nitrogens is 1. The lowest BCUT2D eigenvalue weighted by Crippen LogP contribution is -2.35. The van der Waals surface area contributed by atoms with Crippen LogP contribution in [-0.2, 0) is 6.54 Å². The summed E-state index contributed by atoms with van der Waals surface area (Å²) in [5.41, 5.74) is -0.684. The first kappa shape index (κ1) is 15.3. The molecule has 0 spiro atoms. The quantitative estimate of drug-likeness (QED) is 0.800. The number of hydrogen-bond donors (Lipinski definition) is 1. The zero-order valence-electron chi connectivity index (χ0n) is 12.1. The van der Waals surface area contributed by atoms with Crippen molar-refractivity contribution in [2.45, 2.75) is 6.54 Å². The number of ether oxygens (including phenoxy) is 1. The number of nitrogens with zero attached hydrogens (tertiary/aromatic N) is 1. The SMILES string of the molecule is COc1ccc(Cn2c(=O)[nH]c3c(F)cc(Cl)cc3c2=O)cc1. The maximum absolute atomic E-state index is 13.8. The molecule has 1 N–H and O–H groups in total. The van der Waals surface area contributed by atoms with Gasteiger partial charge in [0.2, 0.25) is 0 Å². The first-order chi connectivity index (χ1) is 11.0. The van der Waals surface area contributed by atoms with Crippen LogP contribution in [0.5, 0.6) is 5.75 Å². The average molecular weight is 335 g/mol. The molecule has 3 aromatic rings. The number of aromatic nitrogens is 2. The first-order valence-corrected chi connectivity index (χ1v) is 7.12. The van der Waals surface area contributed by atoms with E-state index in [4.69, 9.17) is 16.3 Å². The van der Waals surface area contributed by atoms with Crippen molar-refractivity contribution in [3.63, 3.8) is 0 Å². The van der Waals surface area contributed by atoms with Gasteiger partial charge in [0.15, 0.2) is 0 Å². The number of hydrogen-bond acceptors (Lipinski definition) is 3. The summed E-state index contributed by atoms with van der Waals surface area (Å²) < 4.78 is 19.9. The Labute approximate surface area is 134 Å². The Bertz CT molecular complexity index is 993. The van der Waals surface area contributed by atoms with Crippen molar-refractivity contribution < 1.29 is 9.13 Å². The van der Waals surface area contributed by atoms with Crippen LogP contribution < -0.4 is 16.0 Å². The van der Waals surface area contributed by atoms with Crippen molar-refractivity contribution in [1.29, 1.82) is 0 Å². The van der Waals surface area contributed by atoms with Crippen LogP contribution in [0.25, 0.3) is 10.9 Å². The molecule has 0 aliphatic heterocycles. The van der Waals surface area contributed by atoms with Crippen LogP contribution in [0.3, 0.4) is 0 Å². The summed E-state index contributed by atoms with van der Waals surface area (Å²) in [6.45, 7) is 0.0578. The second-order valence-electron chi connectivity index (χ2n) is 4.98. The number of benzene rings is 2. The number of rotatable bonds is 3. The fourth-order valence-electron chi connectivity index (χ4n) is 2.34. The molecule has 118 valence electrons. The van der Waals surface area contributed by atoms with Gasteiger partial charge in [0.25, 0.3) is 5.56 Å². The molecule has 0 aliphatic rings. The molecule has 3 rings (SSSR count). The van der Waals surface area contributed by atoms with E-state index in [2.05, 4.69) is 4.98 Å². The van der Waals surface area contributed by atoms with Crippen molar-refractivity contribution in [3.8, 4) is 5.75 Å². The molecular formula is C16H12ClFN2O3. The molecule has 0 saturated carbocycles. The van der Waals surface area contributed by atoms with E-state index >= 15 is 0 Å². The molecular weight excluding hydrogens is 323 g/mol. The van der Waals surface area contributed by atoms with Gasteiger partial charge >= 0.3 is 5.69 Å². The zero-order chi connectivity index (χ0) is 16.6. The highest BCUT2D eigenvalue weighted by atomic mass is 35.5. The summed E-state index contributed by atoms with van der Waals surface area (Å²) in [5, 5.41) is 0.123. The molecule has 1 aromatic heterocycles. The Morgan fingerprint density at radius 3 is 2.57 bits per heavy atom. The van der Waals surface area contributed by atoms with Gasteiger partial charge in [-0.05, 0) is 29.8 Å². The fraction of sp³-hybridized carbons (Fsp3) is 0.125. The van der Waals surface area contributed by atoms with Crippen molar-refractivity contribution in [2.75, 3.05) is 7.11 Å². The van der Waals surface area contributed by atoms with Crippen LogP contribution in [0.4, 0.5) is 4.39 Å². The molecule has 0 radical (unpaired) electrons. The average Bonchev–Trinajstić information content (AvgIpc) is 2.53. The highest BCUT2D eigenvalue weighted by Crippen LogP contribution is 2.18. The maximum atomic E-state index is 13.8. The Balaban J connectivity index is 2.13. The van der Waals surface area contributed by atoms with Gasteiger partial charge in [-0.1, -0.05) is 23.7 Å². The molecule has 0 fully saturated rings. The third-order valence-electron chi connectivity index (χ3n) is 3.51. The van der Waals surface area contributed by atoms with Gasteiger partial charge in [-0.3, -0.25) is 9.36 Å². The summed E-state index contributed by atoms with van der Waals surface area (Å²) in [7, 11) is 1.55. The predicted molar refractivity (Wildman–Crippen MR) is 85.9 cm³/mol. The lowest BCUT2D eigenvalue weighted by Gasteiger charge is -2.08. The van der Waals surface area contributed by atoms with Crippen molar-refractivity contribution >= 4 is 22.5 Å². The second kappa shape index (κ2) is 5.89. The zero-order valence-corrected chi connectivity index (χ0v) is 12.9. The Morgan fingerprint density at radius 2 is 1.91 bits per heavy atom. The molecule has 5 nitrogen and oxygen atoms in total. The minimum Gasteiger partial charge on any atom is -0.497 e. The van der Waals surface area contributed by atoms with Crippen LogP contribution in [0.15, 0.2) is 46.0 Å². The van der Waals surface area contributed by atoms with Gasteiger partial charge in [0.05, 0.1) is 24.6 Å². The topological polar surface area (TPSA) is 64.1 Å². The van der Waals surface area contributed by atoms with Crippen molar-refractivity contribution in [1.82, 2.24) is 9.55 Å². The minimum atomic E-state index is -0.738. The molecule has 23 heavy (non-hydrogen) atoms. The summed E-state index contributed by atoms with van der Waals surface area (Å²) in [5.74, 6) is -0.0688. The standard InChI is InChI=1S/C16H12ClFN2O3/c1-23-11-4-2-9(3-5-11)8-20-15(21)12-6-10(17)7-13(18)14(12)19-16(20)22/h2-7H,8H2,1H3,(H,19,22). The van der Waals surface area contributed by atoms with E-state index in [0.717, 1.165) is 16.2 Å². The van der Waals surface area contributed by atoms with E-state index in [-0.39, 0.29) is 22.5 Å². The summed E-state index contributed by atoms with van der Waals surface area (Å²) in [6, 6.07) is 9.33. The largest absolute Gasteiger partial charge is 0.497 e.